The maximum Gasteiger partial charge on any atom is 0.391 e. The Morgan fingerprint density at radius 1 is 1.24 bits per heavy atom. The normalized spacial score (nSPS) is 34.3. The first kappa shape index (κ1) is 16.5. The number of rotatable bonds is 4. The topological polar surface area (TPSA) is 49.8 Å². The maximum atomic E-state index is 12.7. The Hall–Kier alpha value is -0.820. The largest absolute Gasteiger partial charge is 0.481 e. The monoisotopic (exact) mass is 309 g/mol. The molecule has 0 aromatic rings. The van der Waals surface area contributed by atoms with Gasteiger partial charge in [-0.05, 0) is 32.2 Å². The Bertz CT molecular complexity index is 367. The number of nitrogens with zero attached hydrogens (tertiary/aromatic N) is 1. The zero-order valence-corrected chi connectivity index (χ0v) is 12.1. The molecule has 2 aliphatic rings. The molecule has 1 aliphatic heterocycles. The van der Waals surface area contributed by atoms with Gasteiger partial charge in [-0.3, -0.25) is 9.69 Å². The highest BCUT2D eigenvalue weighted by molar-refractivity contribution is 5.71. The highest BCUT2D eigenvalue weighted by atomic mass is 19.4. The van der Waals surface area contributed by atoms with E-state index in [9.17, 15) is 23.1 Å². The molecule has 1 saturated carbocycles. The van der Waals surface area contributed by atoms with Crippen LogP contribution in [0.1, 0.15) is 32.6 Å². The first-order valence-corrected chi connectivity index (χ1v) is 7.47. The van der Waals surface area contributed by atoms with Crippen LogP contribution in [0.5, 0.6) is 0 Å². The van der Waals surface area contributed by atoms with Gasteiger partial charge < -0.3 is 9.84 Å². The zero-order chi connectivity index (χ0) is 15.6. The standard InChI is InChI=1S/C14H22F3NO3/c1-2-18(12-8-21-7-11(12)13(19)20)10-5-3-9(4-6-10)14(15,16)17/h9-12H,2-8H2,1H3,(H,19,20). The molecule has 4 nitrogen and oxygen atoms in total. The Labute approximate surface area is 122 Å². The summed E-state index contributed by atoms with van der Waals surface area (Å²) < 4.78 is 43.4. The van der Waals surface area contributed by atoms with Crippen molar-refractivity contribution in [3.8, 4) is 0 Å². The molecule has 2 unspecified atom stereocenters. The number of carboxylic acid groups (broad SMARTS) is 1. The van der Waals surface area contributed by atoms with Gasteiger partial charge in [0.05, 0.1) is 25.0 Å². The summed E-state index contributed by atoms with van der Waals surface area (Å²) in [6.45, 7) is 3.10. The summed E-state index contributed by atoms with van der Waals surface area (Å²) in [5, 5.41) is 9.22. The van der Waals surface area contributed by atoms with E-state index in [4.69, 9.17) is 4.74 Å². The van der Waals surface area contributed by atoms with E-state index >= 15 is 0 Å². The lowest BCUT2D eigenvalue weighted by molar-refractivity contribution is -0.185. The van der Waals surface area contributed by atoms with E-state index in [0.717, 1.165) is 0 Å². The van der Waals surface area contributed by atoms with Crippen LogP contribution in [0.25, 0.3) is 0 Å². The average molecular weight is 309 g/mol. The van der Waals surface area contributed by atoms with Crippen molar-refractivity contribution >= 4 is 5.97 Å². The van der Waals surface area contributed by atoms with Crippen LogP contribution in [0.3, 0.4) is 0 Å². The minimum atomic E-state index is -4.11. The van der Waals surface area contributed by atoms with Gasteiger partial charge in [-0.1, -0.05) is 6.92 Å². The minimum absolute atomic E-state index is 0.0298. The SMILES string of the molecule is CCN(C1CCC(C(F)(F)F)CC1)C1COCC1C(=O)O. The molecule has 2 rings (SSSR count). The molecular weight excluding hydrogens is 287 g/mol. The highest BCUT2D eigenvalue weighted by Crippen LogP contribution is 2.39. The number of alkyl halides is 3. The summed E-state index contributed by atoms with van der Waals surface area (Å²) in [4.78, 5) is 13.3. The second-order valence-corrected chi connectivity index (χ2v) is 5.93. The van der Waals surface area contributed by atoms with Gasteiger partial charge in [0.15, 0.2) is 0 Å². The van der Waals surface area contributed by atoms with Crippen molar-refractivity contribution in [1.82, 2.24) is 4.90 Å². The number of carboxylic acids is 1. The first-order chi connectivity index (χ1) is 9.84. The van der Waals surface area contributed by atoms with Crippen LogP contribution in [0, 0.1) is 11.8 Å². The molecule has 1 N–H and O–H groups in total. The molecule has 2 atom stereocenters. The van der Waals surface area contributed by atoms with Crippen LogP contribution in [-0.2, 0) is 9.53 Å². The fraction of sp³-hybridized carbons (Fsp3) is 0.929. The lowest BCUT2D eigenvalue weighted by atomic mass is 9.84. The summed E-state index contributed by atoms with van der Waals surface area (Å²) in [5.41, 5.74) is 0. The van der Waals surface area contributed by atoms with Crippen molar-refractivity contribution in [2.24, 2.45) is 11.8 Å². The Morgan fingerprint density at radius 2 is 1.86 bits per heavy atom. The summed E-state index contributed by atoms with van der Waals surface area (Å²) in [6, 6.07) is -0.193. The zero-order valence-electron chi connectivity index (χ0n) is 12.1. The van der Waals surface area contributed by atoms with E-state index in [1.165, 1.54) is 0 Å². The van der Waals surface area contributed by atoms with E-state index in [1.807, 2.05) is 11.8 Å². The average Bonchev–Trinajstić information content (AvgIpc) is 2.88. The second kappa shape index (κ2) is 6.52. The van der Waals surface area contributed by atoms with Crippen LogP contribution in [0.4, 0.5) is 13.2 Å². The van der Waals surface area contributed by atoms with Gasteiger partial charge in [0.1, 0.15) is 0 Å². The molecule has 1 saturated heterocycles. The Balaban J connectivity index is 1.98. The number of aliphatic carboxylic acids is 1. The molecule has 0 spiro atoms. The lowest BCUT2D eigenvalue weighted by Crippen LogP contribution is -2.50. The number of likely N-dealkylation sites (N-methyl/N-ethyl adjacent to an activating group) is 1. The molecule has 0 bridgehead atoms. The number of carbonyl (C=O) groups is 1. The number of hydrogen-bond donors (Lipinski definition) is 1. The van der Waals surface area contributed by atoms with Crippen LogP contribution in [-0.4, -0.2) is 54.0 Å². The smallest absolute Gasteiger partial charge is 0.391 e. The van der Waals surface area contributed by atoms with Crippen molar-refractivity contribution in [3.63, 3.8) is 0 Å². The molecule has 1 aliphatic carbocycles. The molecule has 122 valence electrons. The molecule has 21 heavy (non-hydrogen) atoms. The summed E-state index contributed by atoms with van der Waals surface area (Å²) in [6.07, 6.45) is -2.89. The molecule has 0 aromatic heterocycles. The number of ether oxygens (including phenoxy) is 1. The molecule has 7 heteroatoms. The third kappa shape index (κ3) is 3.69. The van der Waals surface area contributed by atoms with Gasteiger partial charge in [0.2, 0.25) is 0 Å². The fourth-order valence-electron chi connectivity index (χ4n) is 3.60. The van der Waals surface area contributed by atoms with Crippen LogP contribution in [0.2, 0.25) is 0 Å². The van der Waals surface area contributed by atoms with Gasteiger partial charge in [0, 0.05) is 12.1 Å². The van der Waals surface area contributed by atoms with Gasteiger partial charge in [0.25, 0.3) is 0 Å². The van der Waals surface area contributed by atoms with Crippen LogP contribution < -0.4 is 0 Å². The van der Waals surface area contributed by atoms with Gasteiger partial charge in [-0.25, -0.2) is 0 Å². The summed E-state index contributed by atoms with van der Waals surface area (Å²) in [7, 11) is 0. The van der Waals surface area contributed by atoms with E-state index in [-0.39, 0.29) is 31.5 Å². The predicted octanol–water partition coefficient (Wildman–Crippen LogP) is 2.53. The summed E-state index contributed by atoms with van der Waals surface area (Å²) >= 11 is 0. The molecule has 0 aromatic carbocycles. The molecule has 1 heterocycles. The van der Waals surface area contributed by atoms with Crippen molar-refractivity contribution in [2.45, 2.75) is 50.9 Å². The molecular formula is C14H22F3NO3. The van der Waals surface area contributed by atoms with Gasteiger partial charge in [-0.15, -0.1) is 0 Å². The third-order valence-electron chi connectivity index (χ3n) is 4.79. The minimum Gasteiger partial charge on any atom is -0.481 e. The Morgan fingerprint density at radius 3 is 2.33 bits per heavy atom. The predicted molar refractivity (Wildman–Crippen MR) is 69.9 cm³/mol. The van der Waals surface area contributed by atoms with Gasteiger partial charge in [-0.2, -0.15) is 13.2 Å². The number of halogens is 3. The number of hydrogen-bond acceptors (Lipinski definition) is 3. The molecule has 0 radical (unpaired) electrons. The van der Waals surface area contributed by atoms with Crippen molar-refractivity contribution in [2.75, 3.05) is 19.8 Å². The lowest BCUT2D eigenvalue weighted by Gasteiger charge is -2.40. The van der Waals surface area contributed by atoms with Gasteiger partial charge >= 0.3 is 12.1 Å². The molecule has 2 fully saturated rings. The van der Waals surface area contributed by atoms with E-state index < -0.39 is 24.0 Å². The highest BCUT2D eigenvalue weighted by Gasteiger charge is 2.45. The molecule has 0 amide bonds. The van der Waals surface area contributed by atoms with Crippen LogP contribution in [0.15, 0.2) is 0 Å². The summed E-state index contributed by atoms with van der Waals surface area (Å²) in [5.74, 6) is -2.67. The van der Waals surface area contributed by atoms with Crippen LogP contribution >= 0.6 is 0 Å². The van der Waals surface area contributed by atoms with Crippen molar-refractivity contribution in [1.29, 1.82) is 0 Å². The van der Waals surface area contributed by atoms with E-state index in [0.29, 0.717) is 26.0 Å². The van der Waals surface area contributed by atoms with E-state index in [1.54, 1.807) is 0 Å². The third-order valence-corrected chi connectivity index (χ3v) is 4.79. The fourth-order valence-corrected chi connectivity index (χ4v) is 3.60. The second-order valence-electron chi connectivity index (χ2n) is 5.93. The maximum absolute atomic E-state index is 12.7. The quantitative estimate of drug-likeness (QED) is 0.867. The van der Waals surface area contributed by atoms with E-state index in [2.05, 4.69) is 0 Å². The van der Waals surface area contributed by atoms with Crippen molar-refractivity contribution in [3.05, 3.63) is 0 Å². The Kier molecular flexibility index (Phi) is 5.14. The first-order valence-electron chi connectivity index (χ1n) is 7.47. The van der Waals surface area contributed by atoms with Crippen molar-refractivity contribution < 1.29 is 27.8 Å².